The third kappa shape index (κ3) is 6.61. The molecule has 4 heteroatoms. The highest BCUT2D eigenvalue weighted by Crippen LogP contribution is 2.28. The number of rotatable bonds is 8. The van der Waals surface area contributed by atoms with Crippen LogP contribution >= 0.6 is 0 Å². The van der Waals surface area contributed by atoms with Crippen molar-refractivity contribution in [2.75, 3.05) is 11.9 Å². The van der Waals surface area contributed by atoms with E-state index in [0.29, 0.717) is 12.4 Å². The van der Waals surface area contributed by atoms with Gasteiger partial charge in [0.15, 0.2) is 0 Å². The molecule has 0 bridgehead atoms. The number of hydrogen-bond donors (Lipinski definition) is 2. The fourth-order valence-corrected chi connectivity index (χ4v) is 2.25. The van der Waals surface area contributed by atoms with Crippen LogP contribution in [0.3, 0.4) is 0 Å². The first kappa shape index (κ1) is 19.5. The molecule has 130 valence electrons. The van der Waals surface area contributed by atoms with Gasteiger partial charge >= 0.3 is 0 Å². The minimum atomic E-state index is -0.440. The maximum absolute atomic E-state index is 12.2. The Bertz CT molecular complexity index is 507. The molecule has 1 aromatic rings. The van der Waals surface area contributed by atoms with Crippen LogP contribution in [-0.4, -0.2) is 18.6 Å². The van der Waals surface area contributed by atoms with Gasteiger partial charge in [-0.05, 0) is 37.5 Å². The number of anilines is 1. The van der Waals surface area contributed by atoms with Gasteiger partial charge in [-0.3, -0.25) is 4.79 Å². The van der Waals surface area contributed by atoms with Crippen molar-refractivity contribution in [2.24, 2.45) is 11.1 Å². The molecule has 0 aliphatic heterocycles. The third-order valence-electron chi connectivity index (χ3n) is 3.70. The molecule has 3 N–H and O–H groups in total. The van der Waals surface area contributed by atoms with Crippen LogP contribution in [0.15, 0.2) is 18.2 Å². The lowest BCUT2D eigenvalue weighted by Gasteiger charge is -2.20. The second-order valence-electron chi connectivity index (χ2n) is 7.07. The van der Waals surface area contributed by atoms with E-state index < -0.39 is 5.41 Å². The summed E-state index contributed by atoms with van der Waals surface area (Å²) in [6.45, 7) is 10.3. The minimum Gasteiger partial charge on any atom is -0.492 e. The number of unbranched alkanes of at least 4 members (excludes halogenated alkanes) is 1. The molecule has 0 aliphatic rings. The molecule has 0 aliphatic carbocycles. The van der Waals surface area contributed by atoms with Gasteiger partial charge in [0.05, 0.1) is 12.3 Å². The minimum absolute atomic E-state index is 0.0224. The molecule has 23 heavy (non-hydrogen) atoms. The molecule has 1 unspecified atom stereocenters. The first-order valence-electron chi connectivity index (χ1n) is 8.60. The molecule has 1 amide bonds. The maximum Gasteiger partial charge on any atom is 0.229 e. The van der Waals surface area contributed by atoms with E-state index in [1.165, 1.54) is 0 Å². The van der Waals surface area contributed by atoms with Crippen molar-refractivity contribution in [1.82, 2.24) is 0 Å². The second kappa shape index (κ2) is 8.92. The molecule has 0 radical (unpaired) electrons. The molecule has 0 spiro atoms. The van der Waals surface area contributed by atoms with E-state index in [4.69, 9.17) is 10.5 Å². The first-order chi connectivity index (χ1) is 10.8. The van der Waals surface area contributed by atoms with Gasteiger partial charge in [-0.1, -0.05) is 46.6 Å². The fraction of sp³-hybridized carbons (Fsp3) is 0.632. The smallest absolute Gasteiger partial charge is 0.229 e. The lowest BCUT2D eigenvalue weighted by Crippen LogP contribution is -2.28. The van der Waals surface area contributed by atoms with Crippen LogP contribution in [0.4, 0.5) is 5.69 Å². The van der Waals surface area contributed by atoms with E-state index in [-0.39, 0.29) is 11.9 Å². The Morgan fingerprint density at radius 1 is 1.30 bits per heavy atom. The number of hydrogen-bond acceptors (Lipinski definition) is 3. The summed E-state index contributed by atoms with van der Waals surface area (Å²) in [6, 6.07) is 6.09. The predicted octanol–water partition coefficient (Wildman–Crippen LogP) is 4.13. The topological polar surface area (TPSA) is 64.3 Å². The number of benzene rings is 1. The van der Waals surface area contributed by atoms with Crippen molar-refractivity contribution >= 4 is 11.6 Å². The van der Waals surface area contributed by atoms with Crippen LogP contribution in [0.5, 0.6) is 5.75 Å². The van der Waals surface area contributed by atoms with E-state index >= 15 is 0 Å². The quantitative estimate of drug-likeness (QED) is 0.757. The summed E-state index contributed by atoms with van der Waals surface area (Å²) >= 11 is 0. The normalized spacial score (nSPS) is 12.8. The van der Waals surface area contributed by atoms with Gasteiger partial charge in [0, 0.05) is 11.5 Å². The second-order valence-corrected chi connectivity index (χ2v) is 7.07. The Morgan fingerprint density at radius 3 is 2.57 bits per heavy atom. The molecule has 0 saturated heterocycles. The van der Waals surface area contributed by atoms with E-state index in [2.05, 4.69) is 12.2 Å². The van der Waals surface area contributed by atoms with Crippen LogP contribution in [0.25, 0.3) is 0 Å². The van der Waals surface area contributed by atoms with Crippen molar-refractivity contribution in [2.45, 2.75) is 66.3 Å². The van der Waals surface area contributed by atoms with Gasteiger partial charge < -0.3 is 15.8 Å². The third-order valence-corrected chi connectivity index (χ3v) is 3.70. The Labute approximate surface area is 140 Å². The molecule has 1 rings (SSSR count). The fourth-order valence-electron chi connectivity index (χ4n) is 2.25. The zero-order chi connectivity index (χ0) is 17.5. The van der Waals surface area contributed by atoms with Gasteiger partial charge in [0.1, 0.15) is 5.75 Å². The van der Waals surface area contributed by atoms with Crippen molar-refractivity contribution < 1.29 is 9.53 Å². The summed E-state index contributed by atoms with van der Waals surface area (Å²) in [7, 11) is 0. The number of ether oxygens (including phenoxy) is 1. The molecular formula is C19H32N2O2. The van der Waals surface area contributed by atoms with Crippen molar-refractivity contribution in [3.63, 3.8) is 0 Å². The summed E-state index contributed by atoms with van der Waals surface area (Å²) in [5.41, 5.74) is 7.61. The average Bonchev–Trinajstić information content (AvgIpc) is 2.47. The van der Waals surface area contributed by atoms with Crippen molar-refractivity contribution in [3.8, 4) is 5.75 Å². The molecular weight excluding hydrogens is 288 g/mol. The summed E-state index contributed by atoms with van der Waals surface area (Å²) in [6.07, 6.45) is 4.17. The molecule has 0 heterocycles. The highest BCUT2D eigenvalue weighted by Gasteiger charge is 2.22. The number of carbonyl (C=O) groups excluding carboxylic acids is 1. The monoisotopic (exact) mass is 320 g/mol. The number of amides is 1. The van der Waals surface area contributed by atoms with Gasteiger partial charge in [-0.15, -0.1) is 0 Å². The Kier molecular flexibility index (Phi) is 7.56. The van der Waals surface area contributed by atoms with E-state index in [1.54, 1.807) is 0 Å². The molecule has 1 aromatic carbocycles. The first-order valence-corrected chi connectivity index (χ1v) is 8.60. The van der Waals surface area contributed by atoms with Gasteiger partial charge in [-0.25, -0.2) is 0 Å². The average molecular weight is 320 g/mol. The summed E-state index contributed by atoms with van der Waals surface area (Å²) < 4.78 is 5.70. The van der Waals surface area contributed by atoms with Crippen LogP contribution in [0.2, 0.25) is 0 Å². The summed E-state index contributed by atoms with van der Waals surface area (Å²) in [5, 5.41) is 2.95. The molecule has 0 fully saturated rings. The Hall–Kier alpha value is -1.55. The maximum atomic E-state index is 12.2. The highest BCUT2D eigenvalue weighted by molar-refractivity contribution is 5.95. The molecule has 4 nitrogen and oxygen atoms in total. The van der Waals surface area contributed by atoms with Gasteiger partial charge in [0.25, 0.3) is 0 Å². The van der Waals surface area contributed by atoms with Crippen LogP contribution in [0, 0.1) is 5.41 Å². The van der Waals surface area contributed by atoms with Crippen molar-refractivity contribution in [3.05, 3.63) is 23.8 Å². The lowest BCUT2D eigenvalue weighted by atomic mass is 9.95. The summed E-state index contributed by atoms with van der Waals surface area (Å²) in [4.78, 5) is 12.2. The number of nitrogens with one attached hydrogen (secondary N) is 1. The van der Waals surface area contributed by atoms with E-state index in [9.17, 15) is 4.79 Å². The Morgan fingerprint density at radius 2 is 2.00 bits per heavy atom. The van der Waals surface area contributed by atoms with Crippen LogP contribution in [-0.2, 0) is 11.2 Å². The molecule has 0 aromatic heterocycles. The molecule has 1 atom stereocenters. The van der Waals surface area contributed by atoms with Crippen LogP contribution in [0.1, 0.15) is 59.4 Å². The predicted molar refractivity (Wildman–Crippen MR) is 96.9 cm³/mol. The number of nitrogens with two attached hydrogens (primary N) is 1. The standard InChI is InChI=1S/C19H32N2O2/c1-6-8-9-15(20)12-14-10-11-16(17(13-14)23-7-2)21-18(22)19(3,4)5/h10-11,13,15H,6-9,12,20H2,1-5H3,(H,21,22). The zero-order valence-corrected chi connectivity index (χ0v) is 15.2. The zero-order valence-electron chi connectivity index (χ0n) is 15.2. The Balaban J connectivity index is 2.87. The van der Waals surface area contributed by atoms with Crippen LogP contribution < -0.4 is 15.8 Å². The molecule has 0 saturated carbocycles. The van der Waals surface area contributed by atoms with E-state index in [0.717, 1.165) is 36.9 Å². The number of carbonyl (C=O) groups is 1. The summed E-state index contributed by atoms with van der Waals surface area (Å²) in [5.74, 6) is 0.691. The SMILES string of the molecule is CCCCC(N)Cc1ccc(NC(=O)C(C)(C)C)c(OCC)c1. The largest absolute Gasteiger partial charge is 0.492 e. The highest BCUT2D eigenvalue weighted by atomic mass is 16.5. The van der Waals surface area contributed by atoms with E-state index in [1.807, 2.05) is 45.9 Å². The lowest BCUT2D eigenvalue weighted by molar-refractivity contribution is -0.123. The van der Waals surface area contributed by atoms with Gasteiger partial charge in [-0.2, -0.15) is 0 Å². The van der Waals surface area contributed by atoms with Gasteiger partial charge in [0.2, 0.25) is 5.91 Å². The van der Waals surface area contributed by atoms with Crippen molar-refractivity contribution in [1.29, 1.82) is 0 Å².